The number of carbonyl (C=O) groups is 1. The fraction of sp³-hybridized carbons (Fsp3) is 0.375. The molecule has 1 amide bonds. The number of aryl methyl sites for hydroxylation is 1. The van der Waals surface area contributed by atoms with Crippen LogP contribution in [0.3, 0.4) is 0 Å². The Morgan fingerprint density at radius 3 is 2.73 bits per heavy atom. The summed E-state index contributed by atoms with van der Waals surface area (Å²) in [6.45, 7) is 1.49. The highest BCUT2D eigenvalue weighted by Gasteiger charge is 2.07. The quantitative estimate of drug-likeness (QED) is 0.852. The molecule has 1 aromatic carbocycles. The molecule has 1 aromatic heterocycles. The minimum absolute atomic E-state index is 0.0400. The van der Waals surface area contributed by atoms with Crippen molar-refractivity contribution in [3.63, 3.8) is 0 Å². The van der Waals surface area contributed by atoms with Gasteiger partial charge in [-0.05, 0) is 44.8 Å². The van der Waals surface area contributed by atoms with Gasteiger partial charge in [-0.2, -0.15) is 0 Å². The SMILES string of the molecule is CN(C)CCNC(=O)CCc1csc(-c2ccc(F)cc2)n1. The lowest BCUT2D eigenvalue weighted by Crippen LogP contribution is -2.31. The molecule has 0 atom stereocenters. The van der Waals surface area contributed by atoms with Gasteiger partial charge in [0.1, 0.15) is 10.8 Å². The van der Waals surface area contributed by atoms with Crippen LogP contribution < -0.4 is 5.32 Å². The predicted octanol–water partition coefficient (Wildman–Crippen LogP) is 2.56. The van der Waals surface area contributed by atoms with Crippen LogP contribution in [0.25, 0.3) is 10.6 Å². The molecule has 0 saturated heterocycles. The van der Waals surface area contributed by atoms with Crippen LogP contribution in [-0.2, 0) is 11.2 Å². The second-order valence-corrected chi connectivity index (χ2v) is 6.16. The van der Waals surface area contributed by atoms with Gasteiger partial charge in [-0.3, -0.25) is 4.79 Å². The first-order valence-corrected chi connectivity index (χ1v) is 8.04. The Labute approximate surface area is 134 Å². The zero-order valence-electron chi connectivity index (χ0n) is 12.8. The average molecular weight is 321 g/mol. The summed E-state index contributed by atoms with van der Waals surface area (Å²) < 4.78 is 12.9. The maximum Gasteiger partial charge on any atom is 0.220 e. The molecule has 0 bridgehead atoms. The van der Waals surface area contributed by atoms with Crippen LogP contribution in [0, 0.1) is 5.82 Å². The normalized spacial score (nSPS) is 10.9. The highest BCUT2D eigenvalue weighted by Crippen LogP contribution is 2.24. The van der Waals surface area contributed by atoms with Crippen LogP contribution in [0.15, 0.2) is 29.6 Å². The van der Waals surface area contributed by atoms with Crippen molar-refractivity contribution in [1.82, 2.24) is 15.2 Å². The molecule has 0 fully saturated rings. The first-order chi connectivity index (χ1) is 10.5. The van der Waals surface area contributed by atoms with Gasteiger partial charge < -0.3 is 10.2 Å². The molecule has 1 N–H and O–H groups in total. The predicted molar refractivity (Wildman–Crippen MR) is 87.4 cm³/mol. The number of thiazole rings is 1. The Morgan fingerprint density at radius 1 is 1.32 bits per heavy atom. The Bertz CT molecular complexity index is 610. The largest absolute Gasteiger partial charge is 0.355 e. The van der Waals surface area contributed by atoms with Crippen LogP contribution in [0.2, 0.25) is 0 Å². The molecule has 0 saturated carbocycles. The summed E-state index contributed by atoms with van der Waals surface area (Å²) in [5.41, 5.74) is 1.79. The summed E-state index contributed by atoms with van der Waals surface area (Å²) in [6, 6.07) is 6.28. The van der Waals surface area contributed by atoms with Gasteiger partial charge in [0.2, 0.25) is 5.91 Å². The van der Waals surface area contributed by atoms with Crippen molar-refractivity contribution in [1.29, 1.82) is 0 Å². The van der Waals surface area contributed by atoms with Gasteiger partial charge in [0.05, 0.1) is 5.69 Å². The number of amides is 1. The standard InChI is InChI=1S/C16H20FN3OS/c1-20(2)10-9-18-15(21)8-7-14-11-22-16(19-14)12-3-5-13(17)6-4-12/h3-6,11H,7-10H2,1-2H3,(H,18,21). The number of nitrogens with zero attached hydrogens (tertiary/aromatic N) is 2. The summed E-state index contributed by atoms with van der Waals surface area (Å²) >= 11 is 1.51. The summed E-state index contributed by atoms with van der Waals surface area (Å²) in [5.74, 6) is -0.215. The van der Waals surface area contributed by atoms with E-state index in [2.05, 4.69) is 10.3 Å². The smallest absolute Gasteiger partial charge is 0.220 e. The number of aromatic nitrogens is 1. The number of nitrogens with one attached hydrogen (secondary N) is 1. The van der Waals surface area contributed by atoms with E-state index in [0.29, 0.717) is 19.4 Å². The molecular weight excluding hydrogens is 301 g/mol. The van der Waals surface area contributed by atoms with Gasteiger partial charge in [0.25, 0.3) is 0 Å². The second-order valence-electron chi connectivity index (χ2n) is 5.30. The van der Waals surface area contributed by atoms with E-state index < -0.39 is 0 Å². The molecular formula is C16H20FN3OS. The van der Waals surface area contributed by atoms with E-state index in [9.17, 15) is 9.18 Å². The number of hydrogen-bond acceptors (Lipinski definition) is 4. The molecule has 0 aliphatic rings. The van der Waals surface area contributed by atoms with Crippen molar-refractivity contribution in [2.24, 2.45) is 0 Å². The number of halogens is 1. The highest BCUT2D eigenvalue weighted by molar-refractivity contribution is 7.13. The molecule has 2 aromatic rings. The minimum atomic E-state index is -0.255. The Hall–Kier alpha value is -1.79. The molecule has 0 unspecified atom stereocenters. The monoisotopic (exact) mass is 321 g/mol. The summed E-state index contributed by atoms with van der Waals surface area (Å²) in [4.78, 5) is 18.2. The average Bonchev–Trinajstić information content (AvgIpc) is 2.94. The fourth-order valence-corrected chi connectivity index (χ4v) is 2.76. The zero-order valence-corrected chi connectivity index (χ0v) is 13.6. The first kappa shape index (κ1) is 16.6. The van der Waals surface area contributed by atoms with Gasteiger partial charge in [0.15, 0.2) is 0 Å². The molecule has 118 valence electrons. The summed E-state index contributed by atoms with van der Waals surface area (Å²) in [7, 11) is 3.94. The van der Waals surface area contributed by atoms with Gasteiger partial charge in [-0.1, -0.05) is 0 Å². The van der Waals surface area contributed by atoms with E-state index in [0.717, 1.165) is 22.8 Å². The van der Waals surface area contributed by atoms with E-state index in [1.54, 1.807) is 12.1 Å². The van der Waals surface area contributed by atoms with Gasteiger partial charge in [0, 0.05) is 30.5 Å². The van der Waals surface area contributed by atoms with Crippen molar-refractivity contribution in [2.75, 3.05) is 27.2 Å². The number of hydrogen-bond donors (Lipinski definition) is 1. The van der Waals surface area contributed by atoms with Crippen molar-refractivity contribution in [3.05, 3.63) is 41.2 Å². The first-order valence-electron chi connectivity index (χ1n) is 7.16. The minimum Gasteiger partial charge on any atom is -0.355 e. The molecule has 1 heterocycles. The molecule has 0 aliphatic carbocycles. The molecule has 6 heteroatoms. The van der Waals surface area contributed by atoms with Gasteiger partial charge in [-0.15, -0.1) is 11.3 Å². The Balaban J connectivity index is 1.82. The van der Waals surface area contributed by atoms with Crippen molar-refractivity contribution >= 4 is 17.2 Å². The maximum absolute atomic E-state index is 12.9. The van der Waals surface area contributed by atoms with Crippen molar-refractivity contribution < 1.29 is 9.18 Å². The third-order valence-electron chi connectivity index (χ3n) is 3.13. The van der Waals surface area contributed by atoms with Crippen molar-refractivity contribution in [2.45, 2.75) is 12.8 Å². The molecule has 0 aliphatic heterocycles. The van der Waals surface area contributed by atoms with Crippen LogP contribution >= 0.6 is 11.3 Å². The number of likely N-dealkylation sites (N-methyl/N-ethyl adjacent to an activating group) is 1. The Kier molecular flexibility index (Phi) is 6.03. The molecule has 0 radical (unpaired) electrons. The lowest BCUT2D eigenvalue weighted by Gasteiger charge is -2.09. The number of benzene rings is 1. The molecule has 4 nitrogen and oxygen atoms in total. The highest BCUT2D eigenvalue weighted by atomic mass is 32.1. The third kappa shape index (κ3) is 5.20. The molecule has 2 rings (SSSR count). The maximum atomic E-state index is 12.9. The molecule has 0 spiro atoms. The van der Waals surface area contributed by atoms with E-state index in [1.807, 2.05) is 24.4 Å². The zero-order chi connectivity index (χ0) is 15.9. The van der Waals surface area contributed by atoms with E-state index in [4.69, 9.17) is 0 Å². The third-order valence-corrected chi connectivity index (χ3v) is 4.07. The van der Waals surface area contributed by atoms with E-state index >= 15 is 0 Å². The summed E-state index contributed by atoms with van der Waals surface area (Å²) in [5, 5.41) is 5.68. The lowest BCUT2D eigenvalue weighted by atomic mass is 10.2. The summed E-state index contributed by atoms with van der Waals surface area (Å²) in [6.07, 6.45) is 1.05. The second kappa shape index (κ2) is 8.00. The van der Waals surface area contributed by atoms with Crippen LogP contribution in [0.5, 0.6) is 0 Å². The van der Waals surface area contributed by atoms with Crippen LogP contribution in [0.4, 0.5) is 4.39 Å². The fourth-order valence-electron chi connectivity index (χ4n) is 1.90. The number of rotatable bonds is 7. The van der Waals surface area contributed by atoms with E-state index in [-0.39, 0.29) is 11.7 Å². The van der Waals surface area contributed by atoms with E-state index in [1.165, 1.54) is 23.5 Å². The van der Waals surface area contributed by atoms with Crippen LogP contribution in [0.1, 0.15) is 12.1 Å². The van der Waals surface area contributed by atoms with Gasteiger partial charge >= 0.3 is 0 Å². The van der Waals surface area contributed by atoms with Gasteiger partial charge in [-0.25, -0.2) is 9.37 Å². The molecule has 22 heavy (non-hydrogen) atoms. The topological polar surface area (TPSA) is 45.2 Å². The number of carbonyl (C=O) groups excluding carboxylic acids is 1. The van der Waals surface area contributed by atoms with Crippen LogP contribution in [-0.4, -0.2) is 43.0 Å². The Morgan fingerprint density at radius 2 is 2.05 bits per heavy atom. The lowest BCUT2D eigenvalue weighted by molar-refractivity contribution is -0.121. The van der Waals surface area contributed by atoms with Crippen molar-refractivity contribution in [3.8, 4) is 10.6 Å².